The number of rotatable bonds is 5. The summed E-state index contributed by atoms with van der Waals surface area (Å²) in [7, 11) is 0. The monoisotopic (exact) mass is 366 g/mol. The van der Waals surface area contributed by atoms with E-state index in [9.17, 15) is 14.3 Å². The van der Waals surface area contributed by atoms with E-state index in [0.717, 1.165) is 22.4 Å². The van der Waals surface area contributed by atoms with Crippen LogP contribution in [0.4, 0.5) is 4.39 Å². The van der Waals surface area contributed by atoms with Gasteiger partial charge in [-0.15, -0.1) is 0 Å². The summed E-state index contributed by atoms with van der Waals surface area (Å²) in [4.78, 5) is 13.1. The Balaban J connectivity index is 2.12. The van der Waals surface area contributed by atoms with E-state index in [4.69, 9.17) is 0 Å². The van der Waals surface area contributed by atoms with E-state index in [1.54, 1.807) is 24.3 Å². The zero-order valence-electron chi connectivity index (χ0n) is 15.7. The van der Waals surface area contributed by atoms with E-state index < -0.39 is 0 Å². The lowest BCUT2D eigenvalue weighted by Crippen LogP contribution is -2.30. The Hall–Kier alpha value is -2.95. The van der Waals surface area contributed by atoms with Crippen LogP contribution in [0.15, 0.2) is 53.3 Å². The second kappa shape index (κ2) is 7.74. The van der Waals surface area contributed by atoms with Gasteiger partial charge >= 0.3 is 0 Å². The molecule has 0 amide bonds. The third-order valence-corrected chi connectivity index (χ3v) is 4.56. The number of phenols is 1. The summed E-state index contributed by atoms with van der Waals surface area (Å²) in [5, 5.41) is 14.3. The highest BCUT2D eigenvalue weighted by atomic mass is 19.1. The molecule has 4 nitrogen and oxygen atoms in total. The molecule has 5 heteroatoms. The van der Waals surface area contributed by atoms with Gasteiger partial charge in [-0.1, -0.05) is 24.3 Å². The quantitative estimate of drug-likeness (QED) is 0.727. The van der Waals surface area contributed by atoms with Crippen LogP contribution < -0.4 is 5.56 Å². The summed E-state index contributed by atoms with van der Waals surface area (Å²) in [6, 6.07) is 13.2. The van der Waals surface area contributed by atoms with E-state index in [0.29, 0.717) is 18.4 Å². The topological polar surface area (TPSA) is 55.1 Å². The molecule has 0 unspecified atom stereocenters. The van der Waals surface area contributed by atoms with Gasteiger partial charge in [-0.05, 0) is 69.0 Å². The Labute approximate surface area is 157 Å². The number of hydrogen-bond acceptors (Lipinski definition) is 3. The first-order valence-electron chi connectivity index (χ1n) is 9.03. The number of aryl methyl sites for hydroxylation is 2. The van der Waals surface area contributed by atoms with Crippen LogP contribution in [0, 0.1) is 12.7 Å². The summed E-state index contributed by atoms with van der Waals surface area (Å²) < 4.78 is 15.0. The number of benzene rings is 2. The van der Waals surface area contributed by atoms with Crippen LogP contribution >= 0.6 is 0 Å². The first-order valence-corrected chi connectivity index (χ1v) is 9.03. The van der Waals surface area contributed by atoms with Gasteiger partial charge in [0.2, 0.25) is 0 Å². The normalized spacial score (nSPS) is 11.1. The molecule has 0 saturated carbocycles. The maximum atomic E-state index is 13.5. The molecule has 1 N–H and O–H groups in total. The van der Waals surface area contributed by atoms with Gasteiger partial charge in [-0.2, -0.15) is 5.10 Å². The smallest absolute Gasteiger partial charge is 0.270 e. The lowest BCUT2D eigenvalue weighted by molar-refractivity contribution is 0.475. The Morgan fingerprint density at radius 1 is 1.11 bits per heavy atom. The van der Waals surface area contributed by atoms with E-state index in [2.05, 4.69) is 5.10 Å². The highest BCUT2D eigenvalue weighted by molar-refractivity contribution is 5.70. The predicted octanol–water partition coefficient (Wildman–Crippen LogP) is 4.43. The fourth-order valence-corrected chi connectivity index (χ4v) is 3.31. The molecule has 0 aliphatic carbocycles. The van der Waals surface area contributed by atoms with Gasteiger partial charge in [0.15, 0.2) is 0 Å². The predicted molar refractivity (Wildman–Crippen MR) is 105 cm³/mol. The zero-order chi connectivity index (χ0) is 19.6. The minimum atomic E-state index is -0.286. The van der Waals surface area contributed by atoms with E-state index in [-0.39, 0.29) is 23.2 Å². The van der Waals surface area contributed by atoms with Crippen molar-refractivity contribution in [3.63, 3.8) is 0 Å². The molecule has 3 rings (SSSR count). The van der Waals surface area contributed by atoms with Gasteiger partial charge < -0.3 is 5.11 Å². The molecule has 0 fully saturated rings. The largest absolute Gasteiger partial charge is 0.508 e. The molecule has 0 atom stereocenters. The standard InChI is InChI=1S/C22H23FN2O2/c1-14(2)25-22(27)20(11-10-16-6-4-8-18(23)12-16)21(15(3)24-25)17-7-5-9-19(26)13-17/h4-9,12-14,26H,10-11H2,1-3H3. The third kappa shape index (κ3) is 4.08. The van der Waals surface area contributed by atoms with Crippen molar-refractivity contribution in [1.29, 1.82) is 0 Å². The number of nitrogens with zero attached hydrogens (tertiary/aromatic N) is 2. The van der Waals surface area contributed by atoms with Gasteiger partial charge in [-0.3, -0.25) is 4.79 Å². The molecule has 0 aliphatic heterocycles. The van der Waals surface area contributed by atoms with Crippen molar-refractivity contribution in [1.82, 2.24) is 9.78 Å². The molecule has 0 aliphatic rings. The Morgan fingerprint density at radius 2 is 1.85 bits per heavy atom. The molecular formula is C22H23FN2O2. The molecular weight excluding hydrogens is 343 g/mol. The number of aromatic nitrogens is 2. The Kier molecular flexibility index (Phi) is 5.40. The van der Waals surface area contributed by atoms with E-state index in [1.165, 1.54) is 16.8 Å². The van der Waals surface area contributed by atoms with Crippen LogP contribution in [0.3, 0.4) is 0 Å². The number of hydrogen-bond donors (Lipinski definition) is 1. The maximum Gasteiger partial charge on any atom is 0.270 e. The fourth-order valence-electron chi connectivity index (χ4n) is 3.31. The van der Waals surface area contributed by atoms with Crippen LogP contribution in [-0.2, 0) is 12.8 Å². The fraction of sp³-hybridized carbons (Fsp3) is 0.273. The van der Waals surface area contributed by atoms with E-state index >= 15 is 0 Å². The second-order valence-electron chi connectivity index (χ2n) is 6.96. The van der Waals surface area contributed by atoms with Gasteiger partial charge in [0.1, 0.15) is 11.6 Å². The number of phenolic OH excluding ortho intramolecular Hbond substituents is 1. The Bertz CT molecular complexity index is 1030. The van der Waals surface area contributed by atoms with Gasteiger partial charge in [0, 0.05) is 11.1 Å². The van der Waals surface area contributed by atoms with Crippen molar-refractivity contribution in [3.8, 4) is 16.9 Å². The summed E-state index contributed by atoms with van der Waals surface area (Å²) in [6.45, 7) is 5.69. The van der Waals surface area contributed by atoms with Gasteiger partial charge in [0.25, 0.3) is 5.56 Å². The molecule has 3 aromatic rings. The number of aromatic hydroxyl groups is 1. The molecule has 2 aromatic carbocycles. The molecule has 1 heterocycles. The summed E-state index contributed by atoms with van der Waals surface area (Å²) >= 11 is 0. The van der Waals surface area contributed by atoms with Crippen LogP contribution in [0.5, 0.6) is 5.75 Å². The van der Waals surface area contributed by atoms with Crippen molar-refractivity contribution in [3.05, 3.63) is 81.5 Å². The molecule has 0 saturated heterocycles. The molecule has 0 bridgehead atoms. The molecule has 0 radical (unpaired) electrons. The molecule has 140 valence electrons. The second-order valence-corrected chi connectivity index (χ2v) is 6.96. The van der Waals surface area contributed by atoms with Crippen molar-refractivity contribution < 1.29 is 9.50 Å². The summed E-state index contributed by atoms with van der Waals surface area (Å²) in [5.41, 5.74) is 3.54. The number of halogens is 1. The van der Waals surface area contributed by atoms with Crippen molar-refractivity contribution in [2.75, 3.05) is 0 Å². The average Bonchev–Trinajstić information content (AvgIpc) is 2.61. The van der Waals surface area contributed by atoms with Crippen LogP contribution in [-0.4, -0.2) is 14.9 Å². The maximum absolute atomic E-state index is 13.5. The summed E-state index contributed by atoms with van der Waals surface area (Å²) in [5.74, 6) is -0.151. The first-order chi connectivity index (χ1) is 12.9. The molecule has 1 aromatic heterocycles. The first kappa shape index (κ1) is 18.8. The average molecular weight is 366 g/mol. The minimum Gasteiger partial charge on any atom is -0.508 e. The minimum absolute atomic E-state index is 0.0673. The Morgan fingerprint density at radius 3 is 2.52 bits per heavy atom. The summed E-state index contributed by atoms with van der Waals surface area (Å²) in [6.07, 6.45) is 1.00. The lowest BCUT2D eigenvalue weighted by atomic mass is 9.95. The van der Waals surface area contributed by atoms with Gasteiger partial charge in [0.05, 0.1) is 11.7 Å². The van der Waals surface area contributed by atoms with Crippen LogP contribution in [0.25, 0.3) is 11.1 Å². The molecule has 27 heavy (non-hydrogen) atoms. The molecule has 0 spiro atoms. The van der Waals surface area contributed by atoms with E-state index in [1.807, 2.05) is 32.9 Å². The SMILES string of the molecule is Cc1nn(C(C)C)c(=O)c(CCc2cccc(F)c2)c1-c1cccc(O)c1. The lowest BCUT2D eigenvalue weighted by Gasteiger charge is -2.17. The third-order valence-electron chi connectivity index (χ3n) is 4.56. The van der Waals surface area contributed by atoms with Crippen molar-refractivity contribution in [2.45, 2.75) is 39.7 Å². The highest BCUT2D eigenvalue weighted by Crippen LogP contribution is 2.28. The highest BCUT2D eigenvalue weighted by Gasteiger charge is 2.18. The van der Waals surface area contributed by atoms with Crippen molar-refractivity contribution in [2.24, 2.45) is 0 Å². The van der Waals surface area contributed by atoms with Crippen LogP contribution in [0.2, 0.25) is 0 Å². The van der Waals surface area contributed by atoms with Crippen molar-refractivity contribution >= 4 is 0 Å². The zero-order valence-corrected chi connectivity index (χ0v) is 15.7. The van der Waals surface area contributed by atoms with Gasteiger partial charge in [-0.25, -0.2) is 9.07 Å². The van der Waals surface area contributed by atoms with Crippen LogP contribution in [0.1, 0.15) is 36.7 Å².